The van der Waals surface area contributed by atoms with Gasteiger partial charge in [-0.05, 0) is 31.4 Å². The van der Waals surface area contributed by atoms with Crippen molar-refractivity contribution in [1.82, 2.24) is 25.0 Å². The lowest BCUT2D eigenvalue weighted by Gasteiger charge is -2.47. The van der Waals surface area contributed by atoms with Crippen LogP contribution in [0.5, 0.6) is 0 Å². The molecule has 0 saturated carbocycles. The van der Waals surface area contributed by atoms with Gasteiger partial charge in [-0.3, -0.25) is 9.88 Å². The van der Waals surface area contributed by atoms with E-state index in [1.807, 2.05) is 24.3 Å². The fourth-order valence-corrected chi connectivity index (χ4v) is 4.47. The molecule has 2 fully saturated rings. The number of hydrogen-bond donors (Lipinski definition) is 0. The summed E-state index contributed by atoms with van der Waals surface area (Å²) in [4.78, 5) is 17.6. The average molecular weight is 387 g/mol. The van der Waals surface area contributed by atoms with Crippen LogP contribution < -0.4 is 4.90 Å². The number of hydrogen-bond acceptors (Lipinski definition) is 8. The summed E-state index contributed by atoms with van der Waals surface area (Å²) in [5.41, 5.74) is 1.99. The Balaban J connectivity index is 1.35. The maximum atomic E-state index is 9.35. The van der Waals surface area contributed by atoms with E-state index in [-0.39, 0.29) is 6.04 Å². The first-order valence-corrected chi connectivity index (χ1v) is 9.93. The first-order chi connectivity index (χ1) is 14.3. The fraction of sp³-hybridized carbons (Fsp3) is 0.381. The lowest BCUT2D eigenvalue weighted by molar-refractivity contribution is 0.0558. The zero-order valence-electron chi connectivity index (χ0n) is 16.0. The highest BCUT2D eigenvalue weighted by Crippen LogP contribution is 2.37. The molecule has 5 heterocycles. The van der Waals surface area contributed by atoms with Crippen molar-refractivity contribution in [3.63, 3.8) is 0 Å². The van der Waals surface area contributed by atoms with Gasteiger partial charge in [-0.15, -0.1) is 0 Å². The Bertz CT molecular complexity index is 1030. The van der Waals surface area contributed by atoms with Gasteiger partial charge in [0.1, 0.15) is 11.8 Å². The predicted molar refractivity (Wildman–Crippen MR) is 106 cm³/mol. The van der Waals surface area contributed by atoms with Gasteiger partial charge >= 0.3 is 0 Å². The number of fused-ring (bicyclic) bond motifs is 1. The Morgan fingerprint density at radius 1 is 1.03 bits per heavy atom. The zero-order chi connectivity index (χ0) is 19.6. The summed E-state index contributed by atoms with van der Waals surface area (Å²) in [6.07, 6.45) is 8.29. The highest BCUT2D eigenvalue weighted by Gasteiger charge is 2.38. The van der Waals surface area contributed by atoms with E-state index < -0.39 is 0 Å². The molecule has 0 unspecified atom stereocenters. The van der Waals surface area contributed by atoms with Gasteiger partial charge < -0.3 is 9.42 Å². The second-order valence-corrected chi connectivity index (χ2v) is 7.45. The minimum absolute atomic E-state index is 0.221. The summed E-state index contributed by atoms with van der Waals surface area (Å²) in [7, 11) is 0. The molecule has 2 aliphatic rings. The Labute approximate surface area is 168 Å². The monoisotopic (exact) mass is 387 g/mol. The molecule has 29 heavy (non-hydrogen) atoms. The van der Waals surface area contributed by atoms with Gasteiger partial charge in [0.15, 0.2) is 17.3 Å². The third-order valence-corrected chi connectivity index (χ3v) is 5.81. The molecule has 0 radical (unpaired) electrons. The van der Waals surface area contributed by atoms with Gasteiger partial charge in [0.2, 0.25) is 0 Å². The topological polar surface area (TPSA) is 95.0 Å². The first-order valence-electron chi connectivity index (χ1n) is 9.93. The summed E-state index contributed by atoms with van der Waals surface area (Å²) in [6, 6.07) is 10.6. The van der Waals surface area contributed by atoms with Crippen LogP contribution in [-0.2, 0) is 0 Å². The van der Waals surface area contributed by atoms with Crippen molar-refractivity contribution in [2.45, 2.75) is 31.3 Å². The summed E-state index contributed by atoms with van der Waals surface area (Å²) in [6.45, 7) is 2.53. The Morgan fingerprint density at radius 3 is 2.83 bits per heavy atom. The molecule has 5 rings (SSSR count). The van der Waals surface area contributed by atoms with Crippen LogP contribution in [0, 0.1) is 11.3 Å². The highest BCUT2D eigenvalue weighted by atomic mass is 16.5. The van der Waals surface area contributed by atoms with Crippen LogP contribution in [0.3, 0.4) is 0 Å². The lowest BCUT2D eigenvalue weighted by Crippen LogP contribution is -2.56. The SMILES string of the molecule is N#Cc1nccnc1N1CCN2[C@@H](CCC[C@@H]2c2cc(-c3ccccn3)no2)C1. The predicted octanol–water partition coefficient (Wildman–Crippen LogP) is 2.81. The molecular formula is C21H21N7O. The number of aromatic nitrogens is 4. The molecule has 0 aliphatic carbocycles. The number of piperidine rings is 1. The van der Waals surface area contributed by atoms with E-state index in [0.29, 0.717) is 17.6 Å². The van der Waals surface area contributed by atoms with Crippen LogP contribution in [-0.4, -0.2) is 50.7 Å². The van der Waals surface area contributed by atoms with Crippen molar-refractivity contribution in [2.75, 3.05) is 24.5 Å². The summed E-state index contributed by atoms with van der Waals surface area (Å²) < 4.78 is 5.74. The van der Waals surface area contributed by atoms with E-state index in [9.17, 15) is 5.26 Å². The maximum Gasteiger partial charge on any atom is 0.183 e. The summed E-state index contributed by atoms with van der Waals surface area (Å²) in [5, 5.41) is 13.6. The summed E-state index contributed by atoms with van der Waals surface area (Å²) >= 11 is 0. The van der Waals surface area contributed by atoms with Gasteiger partial charge in [-0.2, -0.15) is 5.26 Å². The maximum absolute atomic E-state index is 9.35. The van der Waals surface area contributed by atoms with Crippen molar-refractivity contribution in [2.24, 2.45) is 0 Å². The second kappa shape index (κ2) is 7.60. The molecule has 0 N–H and O–H groups in total. The molecule has 3 aromatic rings. The molecule has 0 amide bonds. The highest BCUT2D eigenvalue weighted by molar-refractivity contribution is 5.53. The van der Waals surface area contributed by atoms with E-state index in [1.165, 1.54) is 0 Å². The van der Waals surface area contributed by atoms with Crippen LogP contribution in [0.4, 0.5) is 5.82 Å². The molecule has 2 aliphatic heterocycles. The molecule has 2 atom stereocenters. The molecule has 0 bridgehead atoms. The van der Waals surface area contributed by atoms with Crippen LogP contribution in [0.2, 0.25) is 0 Å². The summed E-state index contributed by atoms with van der Waals surface area (Å²) in [5.74, 6) is 1.59. The quantitative estimate of drug-likeness (QED) is 0.677. The van der Waals surface area contributed by atoms with E-state index >= 15 is 0 Å². The number of nitriles is 1. The van der Waals surface area contributed by atoms with Gasteiger partial charge in [0.25, 0.3) is 0 Å². The molecule has 2 saturated heterocycles. The third-order valence-electron chi connectivity index (χ3n) is 5.81. The minimum Gasteiger partial charge on any atom is -0.359 e. The number of piperazine rings is 1. The lowest BCUT2D eigenvalue weighted by atomic mass is 9.92. The first kappa shape index (κ1) is 17.8. The average Bonchev–Trinajstić information content (AvgIpc) is 3.29. The van der Waals surface area contributed by atoms with Gasteiger partial charge in [0.05, 0.1) is 11.7 Å². The zero-order valence-corrected chi connectivity index (χ0v) is 16.0. The van der Waals surface area contributed by atoms with E-state index in [1.54, 1.807) is 18.6 Å². The van der Waals surface area contributed by atoms with Crippen LogP contribution in [0.15, 0.2) is 47.4 Å². The van der Waals surface area contributed by atoms with E-state index in [0.717, 1.165) is 56.0 Å². The molecule has 0 spiro atoms. The standard InChI is InChI=1S/C21H21N7O/c22-13-18-21(25-9-8-24-18)27-10-11-28-15(14-27)4-3-6-19(28)20-12-17(26-29-20)16-5-1-2-7-23-16/h1-2,5,7-9,12,15,19H,3-4,6,10-11,14H2/t15-,19+/m0/s1. The number of nitrogens with zero attached hydrogens (tertiary/aromatic N) is 7. The second-order valence-electron chi connectivity index (χ2n) is 7.45. The minimum atomic E-state index is 0.221. The van der Waals surface area contributed by atoms with Crippen molar-refractivity contribution in [3.8, 4) is 17.5 Å². The van der Waals surface area contributed by atoms with Crippen molar-refractivity contribution < 1.29 is 4.52 Å². The fourth-order valence-electron chi connectivity index (χ4n) is 4.47. The molecule has 3 aromatic heterocycles. The number of pyridine rings is 1. The number of anilines is 1. The van der Waals surface area contributed by atoms with Crippen molar-refractivity contribution in [3.05, 3.63) is 54.3 Å². The molecule has 8 heteroatoms. The van der Waals surface area contributed by atoms with Crippen LogP contribution in [0.25, 0.3) is 11.4 Å². The van der Waals surface area contributed by atoms with E-state index in [4.69, 9.17) is 4.52 Å². The largest absolute Gasteiger partial charge is 0.359 e. The Kier molecular flexibility index (Phi) is 4.66. The molecule has 8 nitrogen and oxygen atoms in total. The van der Waals surface area contributed by atoms with Crippen LogP contribution >= 0.6 is 0 Å². The Hall–Kier alpha value is -3.31. The van der Waals surface area contributed by atoms with Crippen LogP contribution in [0.1, 0.15) is 36.8 Å². The molecule has 0 aromatic carbocycles. The molecular weight excluding hydrogens is 366 g/mol. The van der Waals surface area contributed by atoms with Crippen molar-refractivity contribution in [1.29, 1.82) is 5.26 Å². The van der Waals surface area contributed by atoms with Gasteiger partial charge in [-0.25, -0.2) is 9.97 Å². The third kappa shape index (κ3) is 3.34. The van der Waals surface area contributed by atoms with E-state index in [2.05, 4.69) is 36.0 Å². The number of rotatable bonds is 3. The molecule has 146 valence electrons. The normalized spacial score (nSPS) is 22.1. The smallest absolute Gasteiger partial charge is 0.183 e. The van der Waals surface area contributed by atoms with Gasteiger partial charge in [0, 0.05) is 50.3 Å². The van der Waals surface area contributed by atoms with Crippen molar-refractivity contribution >= 4 is 5.82 Å². The Morgan fingerprint density at radius 2 is 1.97 bits per heavy atom. The van der Waals surface area contributed by atoms with Gasteiger partial charge in [-0.1, -0.05) is 11.2 Å².